The maximum absolute atomic E-state index is 11.1. The molecule has 0 saturated carbocycles. The van der Waals surface area contributed by atoms with E-state index in [0.717, 1.165) is 32.4 Å². The van der Waals surface area contributed by atoms with E-state index in [4.69, 9.17) is 4.74 Å². The zero-order valence-electron chi connectivity index (χ0n) is 7.45. The molecule has 0 unspecified atom stereocenters. The SMILES string of the molecule is CO[C@H]1C[C@H]2CC(=O)CCN2C1. The van der Waals surface area contributed by atoms with E-state index < -0.39 is 0 Å². The van der Waals surface area contributed by atoms with Gasteiger partial charge in [-0.25, -0.2) is 0 Å². The van der Waals surface area contributed by atoms with Gasteiger partial charge in [-0.1, -0.05) is 0 Å². The van der Waals surface area contributed by atoms with Crippen molar-refractivity contribution >= 4 is 5.78 Å². The highest BCUT2D eigenvalue weighted by Crippen LogP contribution is 2.26. The molecule has 2 aliphatic rings. The smallest absolute Gasteiger partial charge is 0.135 e. The van der Waals surface area contributed by atoms with Crippen LogP contribution in [0.5, 0.6) is 0 Å². The molecule has 2 saturated heterocycles. The number of carbonyl (C=O) groups excluding carboxylic acids is 1. The monoisotopic (exact) mass is 169 g/mol. The lowest BCUT2D eigenvalue weighted by Crippen LogP contribution is -2.38. The van der Waals surface area contributed by atoms with Crippen LogP contribution >= 0.6 is 0 Å². The molecule has 2 fully saturated rings. The van der Waals surface area contributed by atoms with Gasteiger partial charge in [0.1, 0.15) is 5.78 Å². The highest BCUT2D eigenvalue weighted by Gasteiger charge is 2.35. The van der Waals surface area contributed by atoms with Crippen LogP contribution in [0.15, 0.2) is 0 Å². The van der Waals surface area contributed by atoms with Crippen molar-refractivity contribution in [1.29, 1.82) is 0 Å². The van der Waals surface area contributed by atoms with Crippen molar-refractivity contribution in [1.82, 2.24) is 4.90 Å². The van der Waals surface area contributed by atoms with E-state index in [0.29, 0.717) is 17.9 Å². The van der Waals surface area contributed by atoms with Gasteiger partial charge in [0.05, 0.1) is 6.10 Å². The average Bonchev–Trinajstić information content (AvgIpc) is 2.46. The molecule has 0 aromatic rings. The lowest BCUT2D eigenvalue weighted by Gasteiger charge is -2.27. The largest absolute Gasteiger partial charge is 0.380 e. The number of ether oxygens (including phenoxy) is 1. The van der Waals surface area contributed by atoms with E-state index in [1.165, 1.54) is 0 Å². The Morgan fingerprint density at radius 3 is 3.17 bits per heavy atom. The number of hydrogen-bond acceptors (Lipinski definition) is 3. The lowest BCUT2D eigenvalue weighted by atomic mass is 10.0. The molecule has 68 valence electrons. The third-order valence-electron chi connectivity index (χ3n) is 2.96. The fourth-order valence-corrected chi connectivity index (χ4v) is 2.23. The molecule has 3 heteroatoms. The van der Waals surface area contributed by atoms with Gasteiger partial charge >= 0.3 is 0 Å². The van der Waals surface area contributed by atoms with E-state index in [9.17, 15) is 4.79 Å². The predicted molar refractivity (Wildman–Crippen MR) is 45.0 cm³/mol. The van der Waals surface area contributed by atoms with Crippen LogP contribution in [0, 0.1) is 0 Å². The standard InChI is InChI=1S/C9H15NO2/c1-12-9-5-7-4-8(11)2-3-10(7)6-9/h7,9H,2-6H2,1H3/t7-,9+/m1/s1. The maximum atomic E-state index is 11.1. The number of Topliss-reactive ketones (excluding diaryl/α,β-unsaturated/α-hetero) is 1. The van der Waals surface area contributed by atoms with Crippen LogP contribution in [0.25, 0.3) is 0 Å². The molecule has 0 N–H and O–H groups in total. The number of rotatable bonds is 1. The predicted octanol–water partition coefficient (Wildman–Crippen LogP) is 0.439. The third-order valence-corrected chi connectivity index (χ3v) is 2.96. The highest BCUT2D eigenvalue weighted by molar-refractivity contribution is 5.80. The van der Waals surface area contributed by atoms with Gasteiger partial charge in [0, 0.05) is 39.1 Å². The number of hydrogen-bond donors (Lipinski definition) is 0. The minimum absolute atomic E-state index is 0.362. The van der Waals surface area contributed by atoms with Crippen LogP contribution in [-0.2, 0) is 9.53 Å². The van der Waals surface area contributed by atoms with Crippen LogP contribution in [0.1, 0.15) is 19.3 Å². The van der Waals surface area contributed by atoms with Gasteiger partial charge in [-0.3, -0.25) is 9.69 Å². The minimum Gasteiger partial charge on any atom is -0.380 e. The number of piperidine rings is 1. The third kappa shape index (κ3) is 1.39. The van der Waals surface area contributed by atoms with Crippen LogP contribution in [-0.4, -0.2) is 43.0 Å². The molecule has 2 heterocycles. The summed E-state index contributed by atoms with van der Waals surface area (Å²) in [7, 11) is 1.75. The number of fused-ring (bicyclic) bond motifs is 1. The summed E-state index contributed by atoms with van der Waals surface area (Å²) in [5.74, 6) is 0.424. The Morgan fingerprint density at radius 1 is 1.58 bits per heavy atom. The molecule has 2 aliphatic heterocycles. The zero-order valence-corrected chi connectivity index (χ0v) is 7.45. The van der Waals surface area contributed by atoms with E-state index in [1.807, 2.05) is 0 Å². The molecule has 0 radical (unpaired) electrons. The second-order valence-electron chi connectivity index (χ2n) is 3.73. The van der Waals surface area contributed by atoms with Crippen LogP contribution < -0.4 is 0 Å². The Labute approximate surface area is 72.7 Å². The molecule has 0 aromatic heterocycles. The number of ketones is 1. The molecule has 12 heavy (non-hydrogen) atoms. The lowest BCUT2D eigenvalue weighted by molar-refractivity contribution is -0.122. The summed E-state index contributed by atoms with van der Waals surface area (Å²) >= 11 is 0. The Bertz CT molecular complexity index is 193. The molecular formula is C9H15NO2. The maximum Gasteiger partial charge on any atom is 0.135 e. The fourth-order valence-electron chi connectivity index (χ4n) is 2.23. The van der Waals surface area contributed by atoms with Crippen LogP contribution in [0.2, 0.25) is 0 Å². The van der Waals surface area contributed by atoms with E-state index >= 15 is 0 Å². The molecule has 2 atom stereocenters. The highest BCUT2D eigenvalue weighted by atomic mass is 16.5. The van der Waals surface area contributed by atoms with E-state index in [1.54, 1.807) is 7.11 Å². The van der Waals surface area contributed by atoms with Gasteiger partial charge < -0.3 is 4.74 Å². The number of carbonyl (C=O) groups is 1. The Hall–Kier alpha value is -0.410. The second kappa shape index (κ2) is 3.15. The van der Waals surface area contributed by atoms with Crippen molar-refractivity contribution in [3.8, 4) is 0 Å². The van der Waals surface area contributed by atoms with E-state index in [-0.39, 0.29) is 0 Å². The van der Waals surface area contributed by atoms with Gasteiger partial charge in [0.25, 0.3) is 0 Å². The molecule has 3 nitrogen and oxygen atoms in total. The van der Waals surface area contributed by atoms with E-state index in [2.05, 4.69) is 4.90 Å². The van der Waals surface area contributed by atoms with Gasteiger partial charge in [0.15, 0.2) is 0 Å². The summed E-state index contributed by atoms with van der Waals surface area (Å²) in [5, 5.41) is 0. The molecule has 0 bridgehead atoms. The average molecular weight is 169 g/mol. The summed E-state index contributed by atoms with van der Waals surface area (Å²) in [6.45, 7) is 1.97. The first-order valence-corrected chi connectivity index (χ1v) is 4.58. The second-order valence-corrected chi connectivity index (χ2v) is 3.73. The van der Waals surface area contributed by atoms with Gasteiger partial charge in [-0.05, 0) is 6.42 Å². The molecule has 0 spiro atoms. The summed E-state index contributed by atoms with van der Waals surface area (Å²) in [6, 6.07) is 0.483. The molecular weight excluding hydrogens is 154 g/mol. The normalized spacial score (nSPS) is 36.9. The molecule has 0 aromatic carbocycles. The summed E-state index contributed by atoms with van der Waals surface area (Å²) in [4.78, 5) is 13.5. The Kier molecular flexibility index (Phi) is 2.15. The topological polar surface area (TPSA) is 29.5 Å². The molecule has 2 rings (SSSR count). The van der Waals surface area contributed by atoms with Crippen molar-refractivity contribution in [2.24, 2.45) is 0 Å². The number of methoxy groups -OCH3 is 1. The fraction of sp³-hybridized carbons (Fsp3) is 0.889. The van der Waals surface area contributed by atoms with Crippen molar-refractivity contribution in [2.75, 3.05) is 20.2 Å². The summed E-state index contributed by atoms with van der Waals surface area (Å²) in [6.07, 6.45) is 2.90. The Balaban J connectivity index is 1.97. The quantitative estimate of drug-likeness (QED) is 0.570. The number of nitrogens with zero attached hydrogens (tertiary/aromatic N) is 1. The van der Waals surface area contributed by atoms with Gasteiger partial charge in [-0.15, -0.1) is 0 Å². The van der Waals surface area contributed by atoms with Crippen molar-refractivity contribution in [2.45, 2.75) is 31.4 Å². The zero-order chi connectivity index (χ0) is 8.55. The minimum atomic E-state index is 0.362. The van der Waals surface area contributed by atoms with Gasteiger partial charge in [0.2, 0.25) is 0 Å². The van der Waals surface area contributed by atoms with Crippen molar-refractivity contribution in [3.63, 3.8) is 0 Å². The molecule has 0 aliphatic carbocycles. The van der Waals surface area contributed by atoms with Crippen molar-refractivity contribution in [3.05, 3.63) is 0 Å². The first kappa shape index (κ1) is 8.20. The molecule has 0 amide bonds. The first-order valence-electron chi connectivity index (χ1n) is 4.58. The van der Waals surface area contributed by atoms with Crippen LogP contribution in [0.4, 0.5) is 0 Å². The van der Waals surface area contributed by atoms with Crippen molar-refractivity contribution < 1.29 is 9.53 Å². The van der Waals surface area contributed by atoms with Crippen LogP contribution in [0.3, 0.4) is 0 Å². The summed E-state index contributed by atoms with van der Waals surface area (Å²) in [5.41, 5.74) is 0. The summed E-state index contributed by atoms with van der Waals surface area (Å²) < 4.78 is 5.29. The first-order chi connectivity index (χ1) is 5.79. The van der Waals surface area contributed by atoms with Gasteiger partial charge in [-0.2, -0.15) is 0 Å². The Morgan fingerprint density at radius 2 is 2.42 bits per heavy atom.